The molecule has 6 heteroatoms. The van der Waals surface area contributed by atoms with Crippen LogP contribution >= 0.6 is 0 Å². The lowest BCUT2D eigenvalue weighted by molar-refractivity contribution is 0.155. The Bertz CT molecular complexity index is 235. The SMILES string of the molecule is C=C(C)COCCC[Si](C)(O[SiH](C)C)O[SiH](C)C. The second-order valence-electron chi connectivity index (χ2n) is 5.58. The van der Waals surface area contributed by atoms with Gasteiger partial charge in [0.05, 0.1) is 6.61 Å². The monoisotopic (exact) mass is 306 g/mol. The zero-order valence-electron chi connectivity index (χ0n) is 12.9. The van der Waals surface area contributed by atoms with Gasteiger partial charge in [-0.05, 0) is 52.1 Å². The van der Waals surface area contributed by atoms with Crippen LogP contribution in [0.2, 0.25) is 38.8 Å². The predicted octanol–water partition coefficient (Wildman–Crippen LogP) is 3.04. The molecule has 0 aromatic rings. The molecule has 0 bridgehead atoms. The van der Waals surface area contributed by atoms with Crippen molar-refractivity contribution in [3.05, 3.63) is 12.2 Å². The Morgan fingerprint density at radius 2 is 1.61 bits per heavy atom. The van der Waals surface area contributed by atoms with Gasteiger partial charge in [-0.1, -0.05) is 12.2 Å². The van der Waals surface area contributed by atoms with Crippen molar-refractivity contribution in [1.82, 2.24) is 0 Å². The van der Waals surface area contributed by atoms with E-state index in [1.165, 1.54) is 0 Å². The maximum absolute atomic E-state index is 6.19. The smallest absolute Gasteiger partial charge is 0.314 e. The molecule has 108 valence electrons. The maximum atomic E-state index is 6.19. The van der Waals surface area contributed by atoms with E-state index >= 15 is 0 Å². The topological polar surface area (TPSA) is 27.7 Å². The zero-order chi connectivity index (χ0) is 14.2. The molecular formula is C12H30O3Si3. The van der Waals surface area contributed by atoms with Crippen LogP contribution in [0, 0.1) is 0 Å². The molecule has 0 aromatic heterocycles. The highest BCUT2D eigenvalue weighted by molar-refractivity contribution is 6.79. The highest BCUT2D eigenvalue weighted by Crippen LogP contribution is 2.18. The summed E-state index contributed by atoms with van der Waals surface area (Å²) in [4.78, 5) is 0. The summed E-state index contributed by atoms with van der Waals surface area (Å²) in [6.07, 6.45) is 1.03. The van der Waals surface area contributed by atoms with Crippen LogP contribution in [0.25, 0.3) is 0 Å². The molecule has 3 nitrogen and oxygen atoms in total. The average Bonchev–Trinajstić information content (AvgIpc) is 2.13. The fraction of sp³-hybridized carbons (Fsp3) is 0.833. The molecule has 0 N–H and O–H groups in total. The van der Waals surface area contributed by atoms with E-state index < -0.39 is 26.6 Å². The predicted molar refractivity (Wildman–Crippen MR) is 86.6 cm³/mol. The lowest BCUT2D eigenvalue weighted by Gasteiger charge is -2.31. The first-order valence-corrected chi connectivity index (χ1v) is 14.9. The van der Waals surface area contributed by atoms with Crippen molar-refractivity contribution in [1.29, 1.82) is 0 Å². The normalized spacial score (nSPS) is 12.4. The lowest BCUT2D eigenvalue weighted by atomic mass is 10.4. The minimum atomic E-state index is -1.93. The minimum absolute atomic E-state index is 0.665. The first kappa shape index (κ1) is 18.3. The molecule has 0 fully saturated rings. The Balaban J connectivity index is 4.04. The van der Waals surface area contributed by atoms with Gasteiger partial charge in [0.25, 0.3) is 0 Å². The van der Waals surface area contributed by atoms with E-state index in [4.69, 9.17) is 13.0 Å². The van der Waals surface area contributed by atoms with Crippen molar-refractivity contribution in [3.8, 4) is 0 Å². The molecule has 0 rings (SSSR count). The number of hydrogen-bond acceptors (Lipinski definition) is 3. The summed E-state index contributed by atoms with van der Waals surface area (Å²) in [6.45, 7) is 18.3. The van der Waals surface area contributed by atoms with Gasteiger partial charge in [-0.25, -0.2) is 0 Å². The van der Waals surface area contributed by atoms with E-state index in [1.54, 1.807) is 0 Å². The molecule has 0 saturated carbocycles. The van der Waals surface area contributed by atoms with Crippen molar-refractivity contribution in [2.24, 2.45) is 0 Å². The Hall–Kier alpha value is 0.271. The van der Waals surface area contributed by atoms with Gasteiger partial charge in [0.2, 0.25) is 0 Å². The molecule has 18 heavy (non-hydrogen) atoms. The fourth-order valence-electron chi connectivity index (χ4n) is 1.88. The number of ether oxygens (including phenoxy) is 1. The zero-order valence-corrected chi connectivity index (χ0v) is 16.2. The summed E-state index contributed by atoms with van der Waals surface area (Å²) in [5, 5.41) is 0. The van der Waals surface area contributed by atoms with Crippen LogP contribution in [-0.4, -0.2) is 39.9 Å². The van der Waals surface area contributed by atoms with Crippen LogP contribution in [0.1, 0.15) is 13.3 Å². The molecular weight excluding hydrogens is 276 g/mol. The number of rotatable bonds is 10. The number of hydrogen-bond donors (Lipinski definition) is 0. The van der Waals surface area contributed by atoms with Gasteiger partial charge in [-0.15, -0.1) is 0 Å². The van der Waals surface area contributed by atoms with Gasteiger partial charge in [0.1, 0.15) is 0 Å². The van der Waals surface area contributed by atoms with Crippen molar-refractivity contribution in [2.45, 2.75) is 52.1 Å². The van der Waals surface area contributed by atoms with E-state index in [1.807, 2.05) is 6.92 Å². The molecule has 0 spiro atoms. The quantitative estimate of drug-likeness (QED) is 0.353. The lowest BCUT2D eigenvalue weighted by Crippen LogP contribution is -2.45. The first-order chi connectivity index (χ1) is 8.25. The summed E-state index contributed by atoms with van der Waals surface area (Å²) in [7, 11) is -3.98. The molecule has 0 amide bonds. The molecule has 0 aliphatic heterocycles. The van der Waals surface area contributed by atoms with Gasteiger partial charge in [0.15, 0.2) is 18.1 Å². The van der Waals surface area contributed by atoms with E-state index in [-0.39, 0.29) is 0 Å². The van der Waals surface area contributed by atoms with Crippen LogP contribution in [0.15, 0.2) is 12.2 Å². The molecule has 0 atom stereocenters. The molecule has 0 aliphatic carbocycles. The van der Waals surface area contributed by atoms with Crippen molar-refractivity contribution >= 4 is 26.6 Å². The largest absolute Gasteiger partial charge is 0.439 e. The minimum Gasteiger partial charge on any atom is -0.439 e. The van der Waals surface area contributed by atoms with Crippen molar-refractivity contribution in [3.63, 3.8) is 0 Å². The van der Waals surface area contributed by atoms with Gasteiger partial charge in [-0.2, -0.15) is 0 Å². The second kappa shape index (κ2) is 9.22. The van der Waals surface area contributed by atoms with E-state index in [0.29, 0.717) is 6.61 Å². The Kier molecular flexibility index (Phi) is 9.36. The van der Waals surface area contributed by atoms with Crippen LogP contribution in [0.4, 0.5) is 0 Å². The molecule has 0 heterocycles. The van der Waals surface area contributed by atoms with Crippen LogP contribution in [0.3, 0.4) is 0 Å². The third kappa shape index (κ3) is 10.2. The summed E-state index contributed by atoms with van der Waals surface area (Å²) < 4.78 is 17.9. The summed E-state index contributed by atoms with van der Waals surface area (Å²) in [5.74, 6) is 0. The first-order valence-electron chi connectivity index (χ1n) is 6.83. The highest BCUT2D eigenvalue weighted by Gasteiger charge is 2.32. The third-order valence-corrected chi connectivity index (χ3v) is 11.3. The summed E-state index contributed by atoms with van der Waals surface area (Å²) in [5.41, 5.74) is 1.08. The van der Waals surface area contributed by atoms with Gasteiger partial charge in [-0.3, -0.25) is 0 Å². The van der Waals surface area contributed by atoms with Gasteiger partial charge in [0, 0.05) is 6.61 Å². The second-order valence-corrected chi connectivity index (χ2v) is 14.4. The van der Waals surface area contributed by atoms with Gasteiger partial charge < -0.3 is 13.0 Å². The average molecular weight is 307 g/mol. The molecule has 0 radical (unpaired) electrons. The van der Waals surface area contributed by atoms with Crippen molar-refractivity contribution in [2.75, 3.05) is 13.2 Å². The molecule has 0 saturated heterocycles. The standard InChI is InChI=1S/C12H30O3Si3/c1-12(2)11-13-9-8-10-18(7,14-16(3)4)15-17(5)6/h16-17H,1,8-11H2,2-7H3. The highest BCUT2D eigenvalue weighted by atomic mass is 28.5. The maximum Gasteiger partial charge on any atom is 0.314 e. The van der Waals surface area contributed by atoms with Gasteiger partial charge >= 0.3 is 8.56 Å². The Morgan fingerprint density at radius 3 is 2.00 bits per heavy atom. The molecule has 0 aromatic carbocycles. The van der Waals surface area contributed by atoms with Crippen LogP contribution in [-0.2, 0) is 13.0 Å². The van der Waals surface area contributed by atoms with Crippen molar-refractivity contribution < 1.29 is 13.0 Å². The van der Waals surface area contributed by atoms with E-state index in [9.17, 15) is 0 Å². The van der Waals surface area contributed by atoms with Crippen LogP contribution < -0.4 is 0 Å². The van der Waals surface area contributed by atoms with E-state index in [2.05, 4.69) is 39.3 Å². The Labute approximate surface area is 117 Å². The third-order valence-electron chi connectivity index (χ3n) is 2.24. The summed E-state index contributed by atoms with van der Waals surface area (Å²) in [6, 6.07) is 1.04. The summed E-state index contributed by atoms with van der Waals surface area (Å²) >= 11 is 0. The molecule has 0 unspecified atom stereocenters. The Morgan fingerprint density at radius 1 is 1.11 bits per heavy atom. The van der Waals surface area contributed by atoms with Crippen LogP contribution in [0.5, 0.6) is 0 Å². The molecule has 0 aliphatic rings. The fourth-order valence-corrected chi connectivity index (χ4v) is 12.3. The van der Waals surface area contributed by atoms with E-state index in [0.717, 1.165) is 24.6 Å².